The topological polar surface area (TPSA) is 96.3 Å². The number of phenolic OH excluding ortho intramolecular Hbond substituents is 1. The van der Waals surface area contributed by atoms with Gasteiger partial charge in [0.05, 0.1) is 21.7 Å². The largest absolute Gasteiger partial charge is 0.508 e. The number of phenols is 1. The zero-order chi connectivity index (χ0) is 24.0. The second kappa shape index (κ2) is 8.59. The first-order valence-corrected chi connectivity index (χ1v) is 11.1. The number of aromatic hydroxyl groups is 1. The van der Waals surface area contributed by atoms with Gasteiger partial charge in [0, 0.05) is 11.3 Å². The first-order valence-electron chi connectivity index (χ1n) is 10.3. The van der Waals surface area contributed by atoms with Crippen molar-refractivity contribution in [3.63, 3.8) is 0 Å². The van der Waals surface area contributed by atoms with Crippen LogP contribution < -0.4 is 14.4 Å². The van der Waals surface area contributed by atoms with Crippen molar-refractivity contribution < 1.29 is 29.3 Å². The highest BCUT2D eigenvalue weighted by Crippen LogP contribution is 2.44. The van der Waals surface area contributed by atoms with Crippen LogP contribution in [0.1, 0.15) is 17.2 Å². The van der Waals surface area contributed by atoms with Gasteiger partial charge in [0.15, 0.2) is 11.5 Å². The normalized spacial score (nSPS) is 18.9. The Kier molecular flexibility index (Phi) is 5.59. The Balaban J connectivity index is 1.71. The van der Waals surface area contributed by atoms with Gasteiger partial charge in [-0.2, -0.15) is 0 Å². The Morgan fingerprint density at radius 1 is 0.912 bits per heavy atom. The Labute approximate surface area is 204 Å². The lowest BCUT2D eigenvalue weighted by Crippen LogP contribution is -2.29. The Morgan fingerprint density at radius 3 is 2.41 bits per heavy atom. The molecule has 0 spiro atoms. The molecule has 1 fully saturated rings. The van der Waals surface area contributed by atoms with Crippen molar-refractivity contribution in [3.05, 3.63) is 87.4 Å². The Hall–Kier alpha value is -3.68. The second-order valence-electron chi connectivity index (χ2n) is 7.72. The molecular formula is C25H17Cl2NO6. The number of carbonyl (C=O) groups is 2. The van der Waals surface area contributed by atoms with Crippen LogP contribution in [0.4, 0.5) is 5.69 Å². The Morgan fingerprint density at radius 2 is 1.68 bits per heavy atom. The van der Waals surface area contributed by atoms with Gasteiger partial charge in [-0.25, -0.2) is 0 Å². The first-order chi connectivity index (χ1) is 16.3. The van der Waals surface area contributed by atoms with Crippen molar-refractivity contribution in [2.24, 2.45) is 0 Å². The van der Waals surface area contributed by atoms with E-state index in [4.69, 9.17) is 32.7 Å². The highest BCUT2D eigenvalue weighted by molar-refractivity contribution is 6.52. The molecule has 0 aromatic heterocycles. The number of benzene rings is 3. The molecule has 3 aromatic carbocycles. The maximum atomic E-state index is 13.2. The molecule has 1 amide bonds. The van der Waals surface area contributed by atoms with Gasteiger partial charge in [0.25, 0.3) is 11.7 Å². The lowest BCUT2D eigenvalue weighted by Gasteiger charge is -2.26. The van der Waals surface area contributed by atoms with E-state index in [-0.39, 0.29) is 32.7 Å². The molecule has 1 saturated heterocycles. The number of fused-ring (bicyclic) bond motifs is 1. The summed E-state index contributed by atoms with van der Waals surface area (Å²) in [6.07, 6.45) is 0. The molecule has 172 valence electrons. The number of aliphatic hydroxyl groups is 1. The predicted molar refractivity (Wildman–Crippen MR) is 127 cm³/mol. The SMILES string of the molecule is O=C1C(=O)N(c2ccc(Cl)c(Cl)c2)C(c2cccc(O)c2)/C1=C(/O)c1ccc2c(c1)OCCO2. The van der Waals surface area contributed by atoms with Gasteiger partial charge in [0.2, 0.25) is 0 Å². The van der Waals surface area contributed by atoms with Crippen LogP contribution >= 0.6 is 23.2 Å². The minimum absolute atomic E-state index is 0.0587. The molecule has 1 atom stereocenters. The number of amides is 1. The molecule has 9 heteroatoms. The molecule has 2 aliphatic heterocycles. The quantitative estimate of drug-likeness (QED) is 0.297. The van der Waals surface area contributed by atoms with E-state index >= 15 is 0 Å². The fourth-order valence-electron chi connectivity index (χ4n) is 4.09. The van der Waals surface area contributed by atoms with E-state index < -0.39 is 17.7 Å². The van der Waals surface area contributed by atoms with E-state index in [0.29, 0.717) is 36.0 Å². The maximum Gasteiger partial charge on any atom is 0.300 e. The van der Waals surface area contributed by atoms with Crippen LogP contribution in [0.2, 0.25) is 10.0 Å². The average Bonchev–Trinajstić information content (AvgIpc) is 3.10. The number of rotatable bonds is 3. The van der Waals surface area contributed by atoms with Crippen LogP contribution in [-0.2, 0) is 9.59 Å². The molecule has 34 heavy (non-hydrogen) atoms. The molecule has 0 aliphatic carbocycles. The number of hydrogen-bond donors (Lipinski definition) is 2. The van der Waals surface area contributed by atoms with Crippen molar-refractivity contribution in [3.8, 4) is 17.2 Å². The molecule has 0 radical (unpaired) electrons. The van der Waals surface area contributed by atoms with Gasteiger partial charge in [-0.1, -0.05) is 35.3 Å². The minimum Gasteiger partial charge on any atom is -0.508 e. The van der Waals surface area contributed by atoms with Gasteiger partial charge in [0.1, 0.15) is 24.7 Å². The van der Waals surface area contributed by atoms with Crippen molar-refractivity contribution in [1.29, 1.82) is 0 Å². The Bertz CT molecular complexity index is 1370. The lowest BCUT2D eigenvalue weighted by atomic mass is 9.95. The van der Waals surface area contributed by atoms with Crippen LogP contribution in [0, 0.1) is 0 Å². The van der Waals surface area contributed by atoms with Crippen LogP contribution in [0.3, 0.4) is 0 Å². The summed E-state index contributed by atoms with van der Waals surface area (Å²) in [5, 5.41) is 21.8. The molecule has 5 rings (SSSR count). The van der Waals surface area contributed by atoms with Gasteiger partial charge in [-0.15, -0.1) is 0 Å². The van der Waals surface area contributed by atoms with Crippen LogP contribution in [0.5, 0.6) is 17.2 Å². The fourth-order valence-corrected chi connectivity index (χ4v) is 4.38. The van der Waals surface area contributed by atoms with Gasteiger partial charge < -0.3 is 19.7 Å². The molecule has 1 unspecified atom stereocenters. The number of hydrogen-bond acceptors (Lipinski definition) is 6. The smallest absolute Gasteiger partial charge is 0.300 e. The molecule has 7 nitrogen and oxygen atoms in total. The monoisotopic (exact) mass is 497 g/mol. The minimum atomic E-state index is -1.03. The highest BCUT2D eigenvalue weighted by Gasteiger charge is 2.47. The predicted octanol–water partition coefficient (Wildman–Crippen LogP) is 5.10. The number of aliphatic hydroxyl groups excluding tert-OH is 1. The molecule has 0 bridgehead atoms. The van der Waals surface area contributed by atoms with E-state index in [9.17, 15) is 19.8 Å². The van der Waals surface area contributed by atoms with Gasteiger partial charge in [-0.3, -0.25) is 14.5 Å². The average molecular weight is 498 g/mol. The lowest BCUT2D eigenvalue weighted by molar-refractivity contribution is -0.132. The number of nitrogens with zero attached hydrogens (tertiary/aromatic N) is 1. The molecule has 2 heterocycles. The summed E-state index contributed by atoms with van der Waals surface area (Å²) in [6, 6.07) is 14.4. The van der Waals surface area contributed by atoms with Crippen molar-refractivity contribution >= 4 is 46.3 Å². The number of anilines is 1. The van der Waals surface area contributed by atoms with E-state index in [2.05, 4.69) is 0 Å². The van der Waals surface area contributed by atoms with Crippen molar-refractivity contribution in [2.75, 3.05) is 18.1 Å². The summed E-state index contributed by atoms with van der Waals surface area (Å²) < 4.78 is 11.1. The summed E-state index contributed by atoms with van der Waals surface area (Å²) in [5.74, 6) is -1.24. The standard InChI is InChI=1S/C25H17Cl2NO6/c26-17-6-5-15(12-18(17)27)28-22(13-2-1-3-16(29)10-13)21(24(31)25(28)32)23(30)14-4-7-19-20(11-14)34-9-8-33-19/h1-7,10-12,22,29-30H,8-9H2/b23-21-. The summed E-state index contributed by atoms with van der Waals surface area (Å²) in [4.78, 5) is 27.6. The van der Waals surface area contributed by atoms with Gasteiger partial charge in [-0.05, 0) is 54.1 Å². The number of halogens is 2. The molecule has 2 aliphatic rings. The molecular weight excluding hydrogens is 481 g/mol. The summed E-state index contributed by atoms with van der Waals surface area (Å²) in [7, 11) is 0. The summed E-state index contributed by atoms with van der Waals surface area (Å²) in [6.45, 7) is 0.757. The van der Waals surface area contributed by atoms with Crippen molar-refractivity contribution in [2.45, 2.75) is 6.04 Å². The third-order valence-electron chi connectivity index (χ3n) is 5.63. The zero-order valence-electron chi connectivity index (χ0n) is 17.5. The zero-order valence-corrected chi connectivity index (χ0v) is 19.0. The van der Waals surface area contributed by atoms with Crippen LogP contribution in [0.25, 0.3) is 5.76 Å². The maximum absolute atomic E-state index is 13.2. The first kappa shape index (κ1) is 22.1. The van der Waals surface area contributed by atoms with E-state index in [1.807, 2.05) is 0 Å². The van der Waals surface area contributed by atoms with E-state index in [1.165, 1.54) is 29.2 Å². The van der Waals surface area contributed by atoms with Crippen LogP contribution in [-0.4, -0.2) is 35.1 Å². The summed E-state index contributed by atoms with van der Waals surface area (Å²) in [5.41, 5.74) is 0.871. The van der Waals surface area contributed by atoms with Gasteiger partial charge >= 0.3 is 0 Å². The van der Waals surface area contributed by atoms with Crippen LogP contribution in [0.15, 0.2) is 66.2 Å². The third kappa shape index (κ3) is 3.73. The number of Topliss-reactive ketones (excluding diaryl/α,β-unsaturated/α-hetero) is 1. The second-order valence-corrected chi connectivity index (χ2v) is 8.54. The van der Waals surface area contributed by atoms with Crippen molar-refractivity contribution in [1.82, 2.24) is 0 Å². The highest BCUT2D eigenvalue weighted by atomic mass is 35.5. The number of ether oxygens (including phenoxy) is 2. The summed E-state index contributed by atoms with van der Waals surface area (Å²) >= 11 is 12.2. The number of carbonyl (C=O) groups excluding carboxylic acids is 2. The molecule has 2 N–H and O–H groups in total. The fraction of sp³-hybridized carbons (Fsp3) is 0.120. The number of ketones is 1. The third-order valence-corrected chi connectivity index (χ3v) is 6.37. The van der Waals surface area contributed by atoms with E-state index in [1.54, 1.807) is 36.4 Å². The molecule has 3 aromatic rings. The van der Waals surface area contributed by atoms with E-state index in [0.717, 1.165) is 0 Å². The molecule has 0 saturated carbocycles.